The summed E-state index contributed by atoms with van der Waals surface area (Å²) in [5.74, 6) is -0.314. The molecule has 0 spiro atoms. The normalized spacial score (nSPS) is 11.9. The van der Waals surface area contributed by atoms with Crippen LogP contribution in [0.3, 0.4) is 0 Å². The van der Waals surface area contributed by atoms with Crippen LogP contribution < -0.4 is 19.1 Å². The minimum Gasteiger partial charge on any atom is -0.497 e. The molecular formula is C31H38ClN3O6S. The van der Waals surface area contributed by atoms with E-state index in [0.29, 0.717) is 29.3 Å². The second-order valence-electron chi connectivity index (χ2n) is 9.69. The maximum atomic E-state index is 14.2. The number of carbonyl (C=O) groups excluding carboxylic acids is 2. The van der Waals surface area contributed by atoms with Crippen LogP contribution in [0.1, 0.15) is 37.8 Å². The van der Waals surface area contributed by atoms with Gasteiger partial charge in [-0.3, -0.25) is 13.9 Å². The minimum absolute atomic E-state index is 0.00356. The van der Waals surface area contributed by atoms with Crippen LogP contribution in [0.2, 0.25) is 5.02 Å². The molecule has 9 nitrogen and oxygen atoms in total. The second-order valence-corrected chi connectivity index (χ2v) is 12.0. The Labute approximate surface area is 253 Å². The average molecular weight is 616 g/mol. The first-order chi connectivity index (χ1) is 20.1. The van der Waals surface area contributed by atoms with Gasteiger partial charge in [0.25, 0.3) is 10.0 Å². The number of aryl methyl sites for hydroxylation is 1. The van der Waals surface area contributed by atoms with E-state index in [9.17, 15) is 18.0 Å². The molecule has 0 saturated heterocycles. The Morgan fingerprint density at radius 2 is 1.67 bits per heavy atom. The molecular weight excluding hydrogens is 578 g/mol. The number of methoxy groups -OCH3 is 2. The molecule has 0 saturated carbocycles. The van der Waals surface area contributed by atoms with Gasteiger partial charge in [-0.15, -0.1) is 0 Å². The van der Waals surface area contributed by atoms with Crippen molar-refractivity contribution in [2.24, 2.45) is 0 Å². The van der Waals surface area contributed by atoms with Gasteiger partial charge in [0.15, 0.2) is 0 Å². The summed E-state index contributed by atoms with van der Waals surface area (Å²) >= 11 is 6.45. The first-order valence-electron chi connectivity index (χ1n) is 13.7. The zero-order valence-corrected chi connectivity index (χ0v) is 26.2. The van der Waals surface area contributed by atoms with Crippen molar-refractivity contribution < 1.29 is 27.5 Å². The zero-order valence-electron chi connectivity index (χ0n) is 24.6. The van der Waals surface area contributed by atoms with Gasteiger partial charge in [0, 0.05) is 24.2 Å². The fraction of sp³-hybridized carbons (Fsp3) is 0.355. The van der Waals surface area contributed by atoms with Gasteiger partial charge in [0.1, 0.15) is 24.1 Å². The molecule has 42 heavy (non-hydrogen) atoms. The highest BCUT2D eigenvalue weighted by Gasteiger charge is 2.35. The number of benzene rings is 3. The van der Waals surface area contributed by atoms with Crippen LogP contribution in [-0.4, -0.2) is 58.5 Å². The first-order valence-corrected chi connectivity index (χ1v) is 15.5. The molecule has 1 N–H and O–H groups in total. The van der Waals surface area contributed by atoms with Crippen molar-refractivity contribution in [1.82, 2.24) is 10.2 Å². The Hall–Kier alpha value is -3.76. The number of ether oxygens (including phenoxy) is 2. The lowest BCUT2D eigenvalue weighted by molar-refractivity contribution is -0.140. The maximum absolute atomic E-state index is 14.2. The van der Waals surface area contributed by atoms with Crippen LogP contribution >= 0.6 is 11.6 Å². The first kappa shape index (κ1) is 32.8. The van der Waals surface area contributed by atoms with Gasteiger partial charge in [-0.1, -0.05) is 61.3 Å². The highest BCUT2D eigenvalue weighted by atomic mass is 35.5. The maximum Gasteiger partial charge on any atom is 0.264 e. The number of rotatable bonds is 14. The molecule has 226 valence electrons. The van der Waals surface area contributed by atoms with Gasteiger partial charge < -0.3 is 19.7 Å². The molecule has 0 heterocycles. The van der Waals surface area contributed by atoms with Crippen molar-refractivity contribution in [3.8, 4) is 11.5 Å². The van der Waals surface area contributed by atoms with Crippen LogP contribution in [0.25, 0.3) is 0 Å². The van der Waals surface area contributed by atoms with Crippen LogP contribution in [0, 0.1) is 6.92 Å². The number of nitrogens with zero attached hydrogens (tertiary/aromatic N) is 2. The lowest BCUT2D eigenvalue weighted by atomic mass is 10.1. The molecule has 0 unspecified atom stereocenters. The summed E-state index contributed by atoms with van der Waals surface area (Å²) < 4.78 is 40.2. The van der Waals surface area contributed by atoms with Gasteiger partial charge in [-0.25, -0.2) is 8.42 Å². The topological polar surface area (TPSA) is 105 Å². The van der Waals surface area contributed by atoms with E-state index in [0.717, 1.165) is 16.3 Å². The molecule has 3 rings (SSSR count). The molecule has 0 radical (unpaired) electrons. The number of carbonyl (C=O) groups is 2. The fourth-order valence-electron chi connectivity index (χ4n) is 4.44. The van der Waals surface area contributed by atoms with Crippen molar-refractivity contribution in [2.75, 3.05) is 31.6 Å². The molecule has 3 aromatic carbocycles. The van der Waals surface area contributed by atoms with E-state index in [1.165, 1.54) is 37.3 Å². The predicted octanol–water partition coefficient (Wildman–Crippen LogP) is 5.19. The number of halogens is 1. The van der Waals surface area contributed by atoms with Gasteiger partial charge in [-0.05, 0) is 55.7 Å². The fourth-order valence-corrected chi connectivity index (χ4v) is 6.05. The standard InChI is InChI=1S/C31H38ClN3O6S/c1-6-18-33-31(37)27(7-2)34(20-23-10-8-9-11-26(23)32)30(36)21-35(28-19-24(40-4)14-17-29(28)41-5)42(38,39)25-15-12-22(3)13-16-25/h8-17,19,27H,6-7,18,20-21H2,1-5H3,(H,33,37)/t27-/m1/s1. The molecule has 11 heteroatoms. The third-order valence-electron chi connectivity index (χ3n) is 6.78. The van der Waals surface area contributed by atoms with Crippen LogP contribution in [0.4, 0.5) is 5.69 Å². The third-order valence-corrected chi connectivity index (χ3v) is 8.92. The average Bonchev–Trinajstić information content (AvgIpc) is 2.99. The van der Waals surface area contributed by atoms with Crippen molar-refractivity contribution in [1.29, 1.82) is 0 Å². The van der Waals surface area contributed by atoms with E-state index in [2.05, 4.69) is 5.32 Å². The molecule has 0 aliphatic rings. The highest BCUT2D eigenvalue weighted by molar-refractivity contribution is 7.92. The largest absolute Gasteiger partial charge is 0.497 e. The van der Waals surface area contributed by atoms with E-state index >= 15 is 0 Å². The van der Waals surface area contributed by atoms with E-state index in [-0.39, 0.29) is 28.8 Å². The monoisotopic (exact) mass is 615 g/mol. The summed E-state index contributed by atoms with van der Waals surface area (Å²) in [6, 6.07) is 17.2. The number of sulfonamides is 1. The number of hydrogen-bond acceptors (Lipinski definition) is 6. The lowest BCUT2D eigenvalue weighted by Gasteiger charge is -2.33. The molecule has 0 aliphatic heterocycles. The molecule has 1 atom stereocenters. The molecule has 0 aromatic heterocycles. The van der Waals surface area contributed by atoms with Crippen molar-refractivity contribution in [3.63, 3.8) is 0 Å². The Bertz CT molecular complexity index is 1480. The smallest absolute Gasteiger partial charge is 0.264 e. The summed E-state index contributed by atoms with van der Waals surface area (Å²) in [6.45, 7) is 5.42. The minimum atomic E-state index is -4.28. The summed E-state index contributed by atoms with van der Waals surface area (Å²) in [4.78, 5) is 28.9. The van der Waals surface area contributed by atoms with Crippen molar-refractivity contribution in [3.05, 3.63) is 82.9 Å². The SMILES string of the molecule is CCCNC(=O)[C@@H](CC)N(Cc1ccccc1Cl)C(=O)CN(c1cc(OC)ccc1OC)S(=O)(=O)c1ccc(C)cc1. The summed E-state index contributed by atoms with van der Waals surface area (Å²) in [5.41, 5.74) is 1.62. The Kier molecular flexibility index (Phi) is 11.6. The van der Waals surface area contributed by atoms with Gasteiger partial charge in [0.2, 0.25) is 11.8 Å². The molecule has 0 bridgehead atoms. The number of nitrogens with one attached hydrogen (secondary N) is 1. The van der Waals surface area contributed by atoms with E-state index in [4.69, 9.17) is 21.1 Å². The molecule has 3 aromatic rings. The number of amides is 2. The van der Waals surface area contributed by atoms with Crippen molar-refractivity contribution >= 4 is 39.1 Å². The molecule has 0 fully saturated rings. The molecule has 0 aliphatic carbocycles. The van der Waals surface area contributed by atoms with Gasteiger partial charge in [-0.2, -0.15) is 0 Å². The van der Waals surface area contributed by atoms with E-state index < -0.39 is 28.5 Å². The molecule has 2 amide bonds. The summed E-state index contributed by atoms with van der Waals surface area (Å²) in [7, 11) is -1.41. The van der Waals surface area contributed by atoms with Gasteiger partial charge in [0.05, 0.1) is 24.8 Å². The summed E-state index contributed by atoms with van der Waals surface area (Å²) in [5, 5.41) is 3.29. The Morgan fingerprint density at radius 3 is 2.26 bits per heavy atom. The number of anilines is 1. The third kappa shape index (κ3) is 7.74. The zero-order chi connectivity index (χ0) is 30.9. The van der Waals surface area contributed by atoms with Gasteiger partial charge >= 0.3 is 0 Å². The van der Waals surface area contributed by atoms with Crippen LogP contribution in [0.5, 0.6) is 11.5 Å². The predicted molar refractivity (Wildman–Crippen MR) is 165 cm³/mol. The number of hydrogen-bond donors (Lipinski definition) is 1. The van der Waals surface area contributed by atoms with E-state index in [1.54, 1.807) is 55.5 Å². The van der Waals surface area contributed by atoms with Crippen LogP contribution in [0.15, 0.2) is 71.6 Å². The highest BCUT2D eigenvalue weighted by Crippen LogP contribution is 2.36. The lowest BCUT2D eigenvalue weighted by Crippen LogP contribution is -2.52. The van der Waals surface area contributed by atoms with E-state index in [1.807, 2.05) is 13.8 Å². The summed E-state index contributed by atoms with van der Waals surface area (Å²) in [6.07, 6.45) is 1.03. The quantitative estimate of drug-likeness (QED) is 0.267. The Morgan fingerprint density at radius 1 is 0.976 bits per heavy atom. The second kappa shape index (κ2) is 14.9. The van der Waals surface area contributed by atoms with Crippen LogP contribution in [-0.2, 0) is 26.2 Å². The Balaban J connectivity index is 2.15. The van der Waals surface area contributed by atoms with Crippen molar-refractivity contribution in [2.45, 2.75) is 51.1 Å².